The van der Waals surface area contributed by atoms with Crippen LogP contribution in [0.3, 0.4) is 0 Å². The number of hydrogen-bond acceptors (Lipinski definition) is 1. The van der Waals surface area contributed by atoms with Crippen molar-refractivity contribution >= 4 is 6.21 Å². The van der Waals surface area contributed by atoms with Crippen LogP contribution in [0.15, 0.2) is 30.3 Å². The Bertz CT molecular complexity index is 303. The molecule has 0 fully saturated rings. The third-order valence-corrected chi connectivity index (χ3v) is 2.11. The van der Waals surface area contributed by atoms with E-state index in [0.717, 1.165) is 10.3 Å². The molecule has 1 atom stereocenters. The molecule has 0 radical (unpaired) electrons. The number of hydroxylamine groups is 1. The Morgan fingerprint density at radius 2 is 1.71 bits per heavy atom. The number of nitrogens with zero attached hydrogens (tertiary/aromatic N) is 1. The fraction of sp³-hybridized carbons (Fsp3) is 0.417. The van der Waals surface area contributed by atoms with Gasteiger partial charge in [0.05, 0.1) is 0 Å². The fourth-order valence-corrected chi connectivity index (χ4v) is 1.30. The van der Waals surface area contributed by atoms with Crippen molar-refractivity contribution in [1.82, 2.24) is 0 Å². The lowest BCUT2D eigenvalue weighted by Crippen LogP contribution is -2.13. The molecular formula is C12H17NO. The van der Waals surface area contributed by atoms with E-state index in [1.54, 1.807) is 6.21 Å². The van der Waals surface area contributed by atoms with Gasteiger partial charge in [-0.15, -0.1) is 0 Å². The first-order valence-corrected chi connectivity index (χ1v) is 4.96. The van der Waals surface area contributed by atoms with E-state index in [0.29, 0.717) is 5.92 Å². The van der Waals surface area contributed by atoms with Gasteiger partial charge in [-0.3, -0.25) is 0 Å². The summed E-state index contributed by atoms with van der Waals surface area (Å²) >= 11 is 0. The summed E-state index contributed by atoms with van der Waals surface area (Å²) in [6.07, 6.45) is 1.71. The van der Waals surface area contributed by atoms with E-state index in [1.807, 2.05) is 51.1 Å². The maximum Gasteiger partial charge on any atom is 0.185 e. The molecule has 0 aliphatic carbocycles. The van der Waals surface area contributed by atoms with Gasteiger partial charge in [0.1, 0.15) is 0 Å². The van der Waals surface area contributed by atoms with Crippen LogP contribution in [0.1, 0.15) is 32.4 Å². The fourth-order valence-electron chi connectivity index (χ4n) is 1.30. The van der Waals surface area contributed by atoms with E-state index < -0.39 is 0 Å². The van der Waals surface area contributed by atoms with Crippen LogP contribution in [0.25, 0.3) is 0 Å². The highest BCUT2D eigenvalue weighted by Gasteiger charge is 2.11. The molecule has 0 N–H and O–H groups in total. The smallest absolute Gasteiger partial charge is 0.185 e. The monoisotopic (exact) mass is 191 g/mol. The van der Waals surface area contributed by atoms with Gasteiger partial charge in [0.15, 0.2) is 12.3 Å². The Balaban J connectivity index is 2.81. The van der Waals surface area contributed by atoms with Gasteiger partial charge in [-0.25, -0.2) is 4.74 Å². The average Bonchev–Trinajstić information content (AvgIpc) is 2.17. The lowest BCUT2D eigenvalue weighted by molar-refractivity contribution is -0.500. The second-order valence-corrected chi connectivity index (χ2v) is 3.84. The minimum absolute atomic E-state index is 0.0985. The molecule has 2 heteroatoms. The molecule has 14 heavy (non-hydrogen) atoms. The van der Waals surface area contributed by atoms with Crippen LogP contribution >= 0.6 is 0 Å². The summed E-state index contributed by atoms with van der Waals surface area (Å²) in [6, 6.07) is 9.72. The Hall–Kier alpha value is -1.31. The zero-order valence-corrected chi connectivity index (χ0v) is 8.97. The van der Waals surface area contributed by atoms with Crippen molar-refractivity contribution < 1.29 is 4.74 Å². The molecule has 1 aromatic carbocycles. The van der Waals surface area contributed by atoms with Gasteiger partial charge in [0.25, 0.3) is 0 Å². The van der Waals surface area contributed by atoms with Gasteiger partial charge in [-0.05, 0) is 0 Å². The molecule has 0 spiro atoms. The van der Waals surface area contributed by atoms with Crippen LogP contribution in [0, 0.1) is 11.1 Å². The summed E-state index contributed by atoms with van der Waals surface area (Å²) in [5.41, 5.74) is 1.06. The predicted octanol–water partition coefficient (Wildman–Crippen LogP) is 2.98. The van der Waals surface area contributed by atoms with Crippen molar-refractivity contribution in [1.29, 1.82) is 0 Å². The standard InChI is InChI=1S/C12H17NO/c1-10(2)9-13(14)11(3)12-7-5-4-6-8-12/h4-11H,1-3H3/b13-9-/t11-/m1/s1. The lowest BCUT2D eigenvalue weighted by Gasteiger charge is -2.13. The van der Waals surface area contributed by atoms with Crippen molar-refractivity contribution in [2.45, 2.75) is 26.8 Å². The second-order valence-electron chi connectivity index (χ2n) is 3.84. The molecule has 1 rings (SSSR count). The van der Waals surface area contributed by atoms with E-state index >= 15 is 0 Å². The SMILES string of the molecule is CC(C)/C=[N+](\[O-])[C@H](C)c1ccccc1. The maximum absolute atomic E-state index is 11.6. The highest BCUT2D eigenvalue weighted by molar-refractivity contribution is 5.54. The first kappa shape index (κ1) is 10.8. The van der Waals surface area contributed by atoms with Gasteiger partial charge in [-0.2, -0.15) is 0 Å². The quantitative estimate of drug-likeness (QED) is 0.312. The molecule has 0 aromatic heterocycles. The topological polar surface area (TPSA) is 26.1 Å². The largest absolute Gasteiger partial charge is 0.624 e. The molecule has 0 amide bonds. The molecule has 1 aromatic rings. The molecular weight excluding hydrogens is 174 g/mol. The van der Waals surface area contributed by atoms with Crippen molar-refractivity contribution in [3.8, 4) is 0 Å². The summed E-state index contributed by atoms with van der Waals surface area (Å²) in [5, 5.41) is 11.6. The zero-order chi connectivity index (χ0) is 10.6. The van der Waals surface area contributed by atoms with Crippen LogP contribution in [0.2, 0.25) is 0 Å². The molecule has 0 saturated heterocycles. The lowest BCUT2D eigenvalue weighted by atomic mass is 10.1. The van der Waals surface area contributed by atoms with Gasteiger partial charge in [-0.1, -0.05) is 44.2 Å². The minimum Gasteiger partial charge on any atom is -0.624 e. The minimum atomic E-state index is -0.0985. The van der Waals surface area contributed by atoms with Crippen LogP contribution < -0.4 is 0 Å². The normalized spacial score (nSPS) is 14.4. The van der Waals surface area contributed by atoms with Crippen molar-refractivity contribution in [3.63, 3.8) is 0 Å². The van der Waals surface area contributed by atoms with E-state index in [4.69, 9.17) is 0 Å². The summed E-state index contributed by atoms with van der Waals surface area (Å²) in [5.74, 6) is 0.290. The third-order valence-electron chi connectivity index (χ3n) is 2.11. The summed E-state index contributed by atoms with van der Waals surface area (Å²) in [7, 11) is 0. The van der Waals surface area contributed by atoms with E-state index in [1.165, 1.54) is 0 Å². The highest BCUT2D eigenvalue weighted by atomic mass is 16.5. The molecule has 0 aliphatic heterocycles. The number of hydrogen-bond donors (Lipinski definition) is 0. The Morgan fingerprint density at radius 1 is 1.14 bits per heavy atom. The molecule has 0 bridgehead atoms. The molecule has 0 heterocycles. The molecule has 0 saturated carbocycles. The van der Waals surface area contributed by atoms with Gasteiger partial charge < -0.3 is 5.21 Å². The molecule has 76 valence electrons. The van der Waals surface area contributed by atoms with Gasteiger partial charge in [0, 0.05) is 18.4 Å². The van der Waals surface area contributed by atoms with Crippen molar-refractivity contribution in [2.75, 3.05) is 0 Å². The Kier molecular flexibility index (Phi) is 3.69. The summed E-state index contributed by atoms with van der Waals surface area (Å²) in [6.45, 7) is 5.92. The van der Waals surface area contributed by atoms with Gasteiger partial charge in [0.2, 0.25) is 0 Å². The highest BCUT2D eigenvalue weighted by Crippen LogP contribution is 2.14. The molecule has 2 nitrogen and oxygen atoms in total. The number of rotatable bonds is 3. The first-order chi connectivity index (χ1) is 6.61. The van der Waals surface area contributed by atoms with Crippen LogP contribution in [0.4, 0.5) is 0 Å². The Morgan fingerprint density at radius 3 is 2.21 bits per heavy atom. The summed E-state index contributed by atoms with van der Waals surface area (Å²) < 4.78 is 1.03. The zero-order valence-electron chi connectivity index (χ0n) is 8.97. The van der Waals surface area contributed by atoms with Crippen LogP contribution in [0.5, 0.6) is 0 Å². The van der Waals surface area contributed by atoms with Crippen LogP contribution in [-0.4, -0.2) is 11.0 Å². The first-order valence-electron chi connectivity index (χ1n) is 4.96. The van der Waals surface area contributed by atoms with E-state index in [2.05, 4.69) is 0 Å². The maximum atomic E-state index is 11.6. The molecule has 0 unspecified atom stereocenters. The summed E-state index contributed by atoms with van der Waals surface area (Å²) in [4.78, 5) is 0. The van der Waals surface area contributed by atoms with Crippen molar-refractivity contribution in [2.24, 2.45) is 5.92 Å². The van der Waals surface area contributed by atoms with E-state index in [9.17, 15) is 5.21 Å². The third kappa shape index (κ3) is 2.87. The van der Waals surface area contributed by atoms with Crippen LogP contribution in [-0.2, 0) is 0 Å². The second kappa shape index (κ2) is 4.80. The average molecular weight is 191 g/mol. The number of benzene rings is 1. The Labute approximate surface area is 85.5 Å². The van der Waals surface area contributed by atoms with Gasteiger partial charge >= 0.3 is 0 Å². The van der Waals surface area contributed by atoms with Crippen molar-refractivity contribution in [3.05, 3.63) is 41.1 Å². The predicted molar refractivity (Wildman–Crippen MR) is 59.4 cm³/mol. The molecule has 0 aliphatic rings. The van der Waals surface area contributed by atoms with E-state index in [-0.39, 0.29) is 6.04 Å².